The highest BCUT2D eigenvalue weighted by Gasteiger charge is 2.30. The number of aromatic hydroxyl groups is 1. The second-order valence-electron chi connectivity index (χ2n) is 8.30. The number of hydrogen-bond donors (Lipinski definition) is 10. The van der Waals surface area contributed by atoms with E-state index >= 15 is 0 Å². The van der Waals surface area contributed by atoms with E-state index in [2.05, 4.69) is 33.6 Å². The number of phenolic OH excluding ortho intramolecular Hbond substituents is 1. The van der Waals surface area contributed by atoms with Crippen LogP contribution in [0.1, 0.15) is 24.8 Å². The van der Waals surface area contributed by atoms with Crippen LogP contribution in [0.4, 0.5) is 0 Å². The average Bonchev–Trinajstić information content (AvgIpc) is 2.84. The lowest BCUT2D eigenvalue weighted by Crippen LogP contribution is -2.58. The molecule has 15 nitrogen and oxygen atoms in total. The zero-order chi connectivity index (χ0) is 28.8. The Labute approximate surface area is 224 Å². The summed E-state index contributed by atoms with van der Waals surface area (Å²) in [6, 6.07) is 0.982. The van der Waals surface area contributed by atoms with Gasteiger partial charge < -0.3 is 49.1 Å². The summed E-state index contributed by atoms with van der Waals surface area (Å²) < 4.78 is 0. The van der Waals surface area contributed by atoms with Crippen molar-refractivity contribution in [2.75, 3.05) is 12.3 Å². The molecule has 0 fully saturated rings. The van der Waals surface area contributed by atoms with Crippen LogP contribution in [0.3, 0.4) is 0 Å². The second-order valence-corrected chi connectivity index (χ2v) is 8.67. The minimum atomic E-state index is -1.62. The molecule has 0 radical (unpaired) electrons. The van der Waals surface area contributed by atoms with E-state index in [4.69, 9.17) is 22.9 Å². The van der Waals surface area contributed by atoms with Gasteiger partial charge in [0.05, 0.1) is 12.5 Å². The van der Waals surface area contributed by atoms with E-state index in [1.807, 2.05) is 0 Å². The number of nitrogens with two attached hydrogens (primary N) is 4. The number of nitrogens with one attached hydrogen (secondary N) is 3. The number of carbonyl (C=O) groups excluding carboxylic acids is 4. The summed E-state index contributed by atoms with van der Waals surface area (Å²) in [6.45, 7) is 0.116. The lowest BCUT2D eigenvalue weighted by atomic mass is 10.1. The molecule has 1 aromatic rings. The number of carboxylic acid groups (broad SMARTS) is 1. The summed E-state index contributed by atoms with van der Waals surface area (Å²) in [6.07, 6.45) is -0.326. The number of thiol groups is 1. The van der Waals surface area contributed by atoms with Crippen LogP contribution in [0.5, 0.6) is 5.75 Å². The van der Waals surface area contributed by atoms with Crippen molar-refractivity contribution in [1.29, 1.82) is 0 Å². The summed E-state index contributed by atoms with van der Waals surface area (Å²) in [5.41, 5.74) is 22.2. The zero-order valence-electron chi connectivity index (χ0n) is 20.5. The van der Waals surface area contributed by atoms with E-state index in [1.165, 1.54) is 12.1 Å². The van der Waals surface area contributed by atoms with Crippen molar-refractivity contribution in [3.63, 3.8) is 0 Å². The first-order chi connectivity index (χ1) is 17.8. The van der Waals surface area contributed by atoms with Gasteiger partial charge in [0, 0.05) is 12.3 Å². The Morgan fingerprint density at radius 3 is 1.97 bits per heavy atom. The molecule has 16 heteroatoms. The second kappa shape index (κ2) is 15.9. The number of aliphatic carboxylic acids is 1. The molecule has 0 bridgehead atoms. The number of carboxylic acids is 1. The van der Waals surface area contributed by atoms with Gasteiger partial charge in [0.1, 0.15) is 23.9 Å². The molecule has 0 spiro atoms. The highest BCUT2D eigenvalue weighted by molar-refractivity contribution is 7.80. The first kappa shape index (κ1) is 32.0. The van der Waals surface area contributed by atoms with E-state index in [9.17, 15) is 34.2 Å². The maximum absolute atomic E-state index is 12.9. The molecule has 4 amide bonds. The number of carbonyl (C=O) groups is 5. The largest absolute Gasteiger partial charge is 0.508 e. The minimum Gasteiger partial charge on any atom is -0.508 e. The van der Waals surface area contributed by atoms with Gasteiger partial charge in [-0.3, -0.25) is 24.2 Å². The van der Waals surface area contributed by atoms with Crippen molar-refractivity contribution in [3.05, 3.63) is 29.8 Å². The standard InChI is InChI=1S/C22H34N8O7S/c23-13(8-11-3-5-12(31)6-4-11)18(33)30-16(10-38)20(35)28-14(2-1-7-27-22(25)26)19(34)29-15(21(36)37)9-17(24)32/h3-6,13-16,31,38H,1-2,7-10,23H2,(H2,24,32)(H,28,35)(H,29,34)(H,30,33)(H,36,37)(H4,25,26,27). The third kappa shape index (κ3) is 11.8. The highest BCUT2D eigenvalue weighted by atomic mass is 32.1. The summed E-state index contributed by atoms with van der Waals surface area (Å²) in [5, 5.41) is 25.7. The van der Waals surface area contributed by atoms with Gasteiger partial charge in [0.15, 0.2) is 5.96 Å². The van der Waals surface area contributed by atoms with Gasteiger partial charge in [0.25, 0.3) is 0 Å². The monoisotopic (exact) mass is 554 g/mol. The third-order valence-electron chi connectivity index (χ3n) is 5.14. The predicted octanol–water partition coefficient (Wildman–Crippen LogP) is -3.34. The van der Waals surface area contributed by atoms with E-state index < -0.39 is 60.2 Å². The number of hydrogen-bond acceptors (Lipinski definition) is 9. The SMILES string of the molecule is NC(=O)CC(NC(=O)C(CCCN=C(N)N)NC(=O)C(CS)NC(=O)C(N)Cc1ccc(O)cc1)C(=O)O. The first-order valence-electron chi connectivity index (χ1n) is 11.5. The molecule has 0 heterocycles. The van der Waals surface area contributed by atoms with Gasteiger partial charge in [-0.1, -0.05) is 12.1 Å². The van der Waals surface area contributed by atoms with Crippen LogP contribution in [0.15, 0.2) is 29.3 Å². The number of phenols is 1. The van der Waals surface area contributed by atoms with Crippen LogP contribution in [-0.2, 0) is 30.4 Å². The fraction of sp³-hybridized carbons (Fsp3) is 0.455. The lowest BCUT2D eigenvalue weighted by molar-refractivity contribution is -0.143. The van der Waals surface area contributed by atoms with Crippen molar-refractivity contribution in [1.82, 2.24) is 16.0 Å². The molecule has 0 aromatic heterocycles. The van der Waals surface area contributed by atoms with Crippen molar-refractivity contribution < 1.29 is 34.2 Å². The average molecular weight is 555 g/mol. The maximum Gasteiger partial charge on any atom is 0.326 e. The van der Waals surface area contributed by atoms with Crippen LogP contribution in [-0.4, -0.2) is 82.2 Å². The summed E-state index contributed by atoms with van der Waals surface area (Å²) in [5.74, 6) is -5.06. The van der Waals surface area contributed by atoms with E-state index in [0.29, 0.717) is 5.56 Å². The molecular formula is C22H34N8O7S. The van der Waals surface area contributed by atoms with Gasteiger partial charge in [0.2, 0.25) is 23.6 Å². The zero-order valence-corrected chi connectivity index (χ0v) is 21.4. The van der Waals surface area contributed by atoms with Crippen LogP contribution in [0.25, 0.3) is 0 Å². The Morgan fingerprint density at radius 2 is 1.45 bits per heavy atom. The molecule has 1 rings (SSSR count). The Bertz CT molecular complexity index is 1020. The minimum absolute atomic E-state index is 0.00906. The molecule has 0 saturated carbocycles. The molecule has 0 saturated heterocycles. The summed E-state index contributed by atoms with van der Waals surface area (Å²) >= 11 is 4.09. The quantitative estimate of drug-likeness (QED) is 0.0419. The molecule has 4 unspecified atom stereocenters. The fourth-order valence-electron chi connectivity index (χ4n) is 3.17. The molecule has 0 aliphatic heterocycles. The van der Waals surface area contributed by atoms with E-state index in [1.54, 1.807) is 12.1 Å². The first-order valence-corrected chi connectivity index (χ1v) is 12.1. The van der Waals surface area contributed by atoms with Gasteiger partial charge in [-0.15, -0.1) is 0 Å². The number of guanidine groups is 1. The number of primary amides is 1. The van der Waals surface area contributed by atoms with Crippen molar-refractivity contribution in [3.8, 4) is 5.75 Å². The Morgan fingerprint density at radius 1 is 0.895 bits per heavy atom. The normalized spacial score (nSPS) is 13.7. The van der Waals surface area contributed by atoms with E-state index in [-0.39, 0.29) is 43.3 Å². The number of benzene rings is 1. The van der Waals surface area contributed by atoms with Crippen LogP contribution < -0.4 is 38.9 Å². The molecular weight excluding hydrogens is 520 g/mol. The number of nitrogens with zero attached hydrogens (tertiary/aromatic N) is 1. The molecule has 0 aliphatic carbocycles. The number of aliphatic imine (C=N–C) groups is 1. The third-order valence-corrected chi connectivity index (χ3v) is 5.51. The van der Waals surface area contributed by atoms with Crippen LogP contribution in [0, 0.1) is 0 Å². The number of amides is 4. The van der Waals surface area contributed by atoms with Gasteiger partial charge >= 0.3 is 5.97 Å². The summed E-state index contributed by atoms with van der Waals surface area (Å²) in [7, 11) is 0. The fourth-order valence-corrected chi connectivity index (χ4v) is 3.43. The number of rotatable bonds is 16. The van der Waals surface area contributed by atoms with Gasteiger partial charge in [-0.25, -0.2) is 4.79 Å². The molecule has 1 aromatic carbocycles. The maximum atomic E-state index is 12.9. The highest BCUT2D eigenvalue weighted by Crippen LogP contribution is 2.11. The van der Waals surface area contributed by atoms with E-state index in [0.717, 1.165) is 0 Å². The Kier molecular flexibility index (Phi) is 13.4. The smallest absolute Gasteiger partial charge is 0.326 e. The molecule has 38 heavy (non-hydrogen) atoms. The predicted molar refractivity (Wildman–Crippen MR) is 141 cm³/mol. The Balaban J connectivity index is 2.91. The molecule has 0 aliphatic rings. The van der Waals surface area contributed by atoms with Crippen LogP contribution in [0.2, 0.25) is 0 Å². The molecule has 13 N–H and O–H groups in total. The molecule has 4 atom stereocenters. The Hall–Kier alpha value is -4.05. The molecule has 210 valence electrons. The van der Waals surface area contributed by atoms with Crippen molar-refractivity contribution >= 4 is 48.2 Å². The van der Waals surface area contributed by atoms with Gasteiger partial charge in [-0.05, 0) is 37.0 Å². The van der Waals surface area contributed by atoms with Gasteiger partial charge in [-0.2, -0.15) is 12.6 Å². The summed E-state index contributed by atoms with van der Waals surface area (Å²) in [4.78, 5) is 64.6. The van der Waals surface area contributed by atoms with Crippen molar-refractivity contribution in [2.45, 2.75) is 49.9 Å². The topological polar surface area (TPSA) is 278 Å². The lowest BCUT2D eigenvalue weighted by Gasteiger charge is -2.24. The van der Waals surface area contributed by atoms with Crippen molar-refractivity contribution in [2.24, 2.45) is 27.9 Å². The van der Waals surface area contributed by atoms with Crippen LogP contribution >= 0.6 is 12.6 Å².